The fourth-order valence-corrected chi connectivity index (χ4v) is 2.23. The molecule has 2 aromatic rings. The van der Waals surface area contributed by atoms with Crippen LogP contribution in [0.25, 0.3) is 10.2 Å². The van der Waals surface area contributed by atoms with Crippen molar-refractivity contribution >= 4 is 44.0 Å². The quantitative estimate of drug-likeness (QED) is 0.580. The monoisotopic (exact) mass is 268 g/mol. The Hall–Kier alpha value is -1.60. The Morgan fingerprint density at radius 2 is 2.41 bits per heavy atom. The summed E-state index contributed by atoms with van der Waals surface area (Å²) in [4.78, 5) is 4.36. The first kappa shape index (κ1) is 11.9. The molecule has 4 N–H and O–H groups in total. The third-order valence-electron chi connectivity index (χ3n) is 1.96. The third-order valence-corrected chi connectivity index (χ3v) is 3.00. The maximum Gasteiger partial charge on any atom is 0.202 e. The molecular formula is C10H12N4OS2. The lowest BCUT2D eigenvalue weighted by atomic mass is 10.3. The SMILES string of the molecule is CCOc1ccc2nc(NNC(N)=S)sc2c1. The number of benzene rings is 1. The number of ether oxygens (including phenoxy) is 1. The normalized spacial score (nSPS) is 10.2. The second-order valence-corrected chi connectivity index (χ2v) is 4.67. The minimum absolute atomic E-state index is 0.180. The predicted octanol–water partition coefficient (Wildman–Crippen LogP) is 1.86. The molecule has 0 fully saturated rings. The van der Waals surface area contributed by atoms with Crippen LogP contribution in [0.1, 0.15) is 6.92 Å². The van der Waals surface area contributed by atoms with Crippen molar-refractivity contribution in [1.82, 2.24) is 10.4 Å². The molecular weight excluding hydrogens is 256 g/mol. The van der Waals surface area contributed by atoms with Gasteiger partial charge in [-0.15, -0.1) is 0 Å². The van der Waals surface area contributed by atoms with Crippen molar-refractivity contribution in [2.75, 3.05) is 12.0 Å². The highest BCUT2D eigenvalue weighted by atomic mass is 32.1. The van der Waals surface area contributed by atoms with E-state index in [9.17, 15) is 0 Å². The third kappa shape index (κ3) is 2.95. The number of aromatic nitrogens is 1. The average Bonchev–Trinajstić information content (AvgIpc) is 2.69. The molecule has 0 radical (unpaired) electrons. The Morgan fingerprint density at radius 3 is 3.12 bits per heavy atom. The standard InChI is InChI=1S/C10H12N4OS2/c1-2-15-6-3-4-7-8(5-6)17-10(12-7)14-13-9(11)16/h3-5H,2H2,1H3,(H,12,14)(H3,11,13,16). The zero-order valence-corrected chi connectivity index (χ0v) is 10.8. The molecule has 0 unspecified atom stereocenters. The number of thiocarbonyl (C=S) groups is 1. The molecule has 1 aromatic heterocycles. The minimum Gasteiger partial charge on any atom is -0.494 e. The van der Waals surface area contributed by atoms with Crippen LogP contribution in [0, 0.1) is 0 Å². The van der Waals surface area contributed by atoms with Gasteiger partial charge in [0.15, 0.2) is 5.11 Å². The van der Waals surface area contributed by atoms with Crippen LogP contribution in [-0.4, -0.2) is 16.7 Å². The summed E-state index contributed by atoms with van der Waals surface area (Å²) in [5.41, 5.74) is 11.7. The first-order chi connectivity index (χ1) is 8.19. The highest BCUT2D eigenvalue weighted by Gasteiger charge is 2.04. The Balaban J connectivity index is 2.21. The number of hydrazine groups is 1. The molecule has 7 heteroatoms. The zero-order valence-electron chi connectivity index (χ0n) is 9.19. The summed E-state index contributed by atoms with van der Waals surface area (Å²) in [6, 6.07) is 5.78. The van der Waals surface area contributed by atoms with E-state index in [0.29, 0.717) is 11.7 Å². The molecule has 90 valence electrons. The van der Waals surface area contributed by atoms with E-state index in [1.54, 1.807) is 0 Å². The van der Waals surface area contributed by atoms with Gasteiger partial charge in [0.05, 0.1) is 16.8 Å². The topological polar surface area (TPSA) is 72.2 Å². The number of rotatable bonds is 4. The van der Waals surface area contributed by atoms with E-state index in [1.807, 2.05) is 25.1 Å². The second-order valence-electron chi connectivity index (χ2n) is 3.20. The summed E-state index contributed by atoms with van der Waals surface area (Å²) in [7, 11) is 0. The number of thiazole rings is 1. The lowest BCUT2D eigenvalue weighted by Gasteiger charge is -2.01. The van der Waals surface area contributed by atoms with Crippen LogP contribution < -0.4 is 21.3 Å². The van der Waals surface area contributed by atoms with Gasteiger partial charge in [0.1, 0.15) is 5.75 Å². The van der Waals surface area contributed by atoms with Crippen molar-refractivity contribution in [3.63, 3.8) is 0 Å². The molecule has 1 aromatic carbocycles. The molecule has 0 saturated heterocycles. The van der Waals surface area contributed by atoms with Gasteiger partial charge in [-0.1, -0.05) is 11.3 Å². The first-order valence-electron chi connectivity index (χ1n) is 5.04. The molecule has 0 aliphatic rings. The van der Waals surface area contributed by atoms with E-state index in [2.05, 4.69) is 15.8 Å². The lowest BCUT2D eigenvalue weighted by molar-refractivity contribution is 0.341. The van der Waals surface area contributed by atoms with Crippen LogP contribution in [-0.2, 0) is 0 Å². The van der Waals surface area contributed by atoms with Crippen molar-refractivity contribution in [2.24, 2.45) is 5.73 Å². The maximum atomic E-state index is 5.42. The van der Waals surface area contributed by atoms with E-state index in [0.717, 1.165) is 16.0 Å². The lowest BCUT2D eigenvalue weighted by Crippen LogP contribution is -2.33. The number of anilines is 1. The largest absolute Gasteiger partial charge is 0.494 e. The summed E-state index contributed by atoms with van der Waals surface area (Å²) in [6.45, 7) is 2.61. The smallest absolute Gasteiger partial charge is 0.202 e. The molecule has 0 aliphatic carbocycles. The molecule has 5 nitrogen and oxygen atoms in total. The number of fused-ring (bicyclic) bond motifs is 1. The van der Waals surface area contributed by atoms with Gasteiger partial charge in [-0.05, 0) is 37.3 Å². The van der Waals surface area contributed by atoms with Gasteiger partial charge in [0, 0.05) is 0 Å². The highest BCUT2D eigenvalue weighted by Crippen LogP contribution is 2.28. The van der Waals surface area contributed by atoms with Crippen molar-refractivity contribution in [3.05, 3.63) is 18.2 Å². The van der Waals surface area contributed by atoms with E-state index >= 15 is 0 Å². The molecule has 17 heavy (non-hydrogen) atoms. The van der Waals surface area contributed by atoms with Gasteiger partial charge in [-0.3, -0.25) is 10.9 Å². The summed E-state index contributed by atoms with van der Waals surface area (Å²) in [5.74, 6) is 0.845. The van der Waals surface area contributed by atoms with E-state index < -0.39 is 0 Å². The number of nitrogens with one attached hydrogen (secondary N) is 2. The Bertz CT molecular complexity index is 540. The van der Waals surface area contributed by atoms with Crippen LogP contribution in [0.2, 0.25) is 0 Å². The van der Waals surface area contributed by atoms with Crippen molar-refractivity contribution in [3.8, 4) is 5.75 Å². The van der Waals surface area contributed by atoms with Crippen molar-refractivity contribution in [1.29, 1.82) is 0 Å². The van der Waals surface area contributed by atoms with Crippen LogP contribution in [0.3, 0.4) is 0 Å². The highest BCUT2D eigenvalue weighted by molar-refractivity contribution is 7.80. The van der Waals surface area contributed by atoms with E-state index in [4.69, 9.17) is 22.7 Å². The van der Waals surface area contributed by atoms with Gasteiger partial charge in [0.2, 0.25) is 5.13 Å². The van der Waals surface area contributed by atoms with Gasteiger partial charge < -0.3 is 10.5 Å². The first-order valence-corrected chi connectivity index (χ1v) is 6.26. The fourth-order valence-electron chi connectivity index (χ4n) is 1.33. The maximum absolute atomic E-state index is 5.42. The molecule has 0 aliphatic heterocycles. The summed E-state index contributed by atoms with van der Waals surface area (Å²) < 4.78 is 6.47. The molecule has 1 heterocycles. The molecule has 0 atom stereocenters. The summed E-state index contributed by atoms with van der Waals surface area (Å²) >= 11 is 6.19. The Labute approximate surface area is 108 Å². The van der Waals surface area contributed by atoms with E-state index in [-0.39, 0.29) is 5.11 Å². The molecule has 0 amide bonds. The Morgan fingerprint density at radius 1 is 1.59 bits per heavy atom. The fraction of sp³-hybridized carbons (Fsp3) is 0.200. The van der Waals surface area contributed by atoms with Crippen LogP contribution in [0.4, 0.5) is 5.13 Å². The predicted molar refractivity (Wildman–Crippen MR) is 74.3 cm³/mol. The minimum atomic E-state index is 0.180. The number of hydrogen-bond donors (Lipinski definition) is 3. The van der Waals surface area contributed by atoms with Gasteiger partial charge in [-0.2, -0.15) is 0 Å². The van der Waals surface area contributed by atoms with Crippen LogP contribution in [0.15, 0.2) is 18.2 Å². The van der Waals surface area contributed by atoms with Gasteiger partial charge >= 0.3 is 0 Å². The van der Waals surface area contributed by atoms with Crippen LogP contribution in [0.5, 0.6) is 5.75 Å². The van der Waals surface area contributed by atoms with Gasteiger partial charge in [0.25, 0.3) is 0 Å². The van der Waals surface area contributed by atoms with Crippen LogP contribution >= 0.6 is 23.6 Å². The Kier molecular flexibility index (Phi) is 3.60. The number of nitrogens with two attached hydrogens (primary N) is 1. The van der Waals surface area contributed by atoms with E-state index in [1.165, 1.54) is 11.3 Å². The molecule has 2 rings (SSSR count). The zero-order chi connectivity index (χ0) is 12.3. The van der Waals surface area contributed by atoms with Crippen molar-refractivity contribution < 1.29 is 4.74 Å². The summed E-state index contributed by atoms with van der Waals surface area (Å²) in [6.07, 6.45) is 0. The van der Waals surface area contributed by atoms with Crippen molar-refractivity contribution in [2.45, 2.75) is 6.92 Å². The molecule has 0 saturated carbocycles. The second kappa shape index (κ2) is 5.15. The average molecular weight is 268 g/mol. The number of hydrogen-bond acceptors (Lipinski definition) is 5. The number of nitrogens with zero attached hydrogens (tertiary/aromatic N) is 1. The summed E-state index contributed by atoms with van der Waals surface area (Å²) in [5, 5.41) is 0.890. The van der Waals surface area contributed by atoms with Gasteiger partial charge in [-0.25, -0.2) is 4.98 Å². The molecule has 0 spiro atoms. The molecule has 0 bridgehead atoms.